The maximum Gasteiger partial charge on any atom is 0.251 e. The van der Waals surface area contributed by atoms with Crippen molar-refractivity contribution in [2.24, 2.45) is 0 Å². The number of benzene rings is 3. The predicted octanol–water partition coefficient (Wildman–Crippen LogP) is 4.93. The largest absolute Gasteiger partial charge is 0.497 e. The van der Waals surface area contributed by atoms with Gasteiger partial charge in [0.2, 0.25) is 5.91 Å². The van der Waals surface area contributed by atoms with Crippen molar-refractivity contribution in [3.63, 3.8) is 0 Å². The Morgan fingerprint density at radius 2 is 1.71 bits per heavy atom. The molecule has 0 unspecified atom stereocenters. The van der Waals surface area contributed by atoms with Crippen LogP contribution in [0.5, 0.6) is 11.5 Å². The Morgan fingerprint density at radius 3 is 2.38 bits per heavy atom. The zero-order valence-corrected chi connectivity index (χ0v) is 20.3. The van der Waals surface area contributed by atoms with E-state index in [1.54, 1.807) is 31.0 Å². The van der Waals surface area contributed by atoms with Crippen LogP contribution in [0.4, 0.5) is 0 Å². The van der Waals surface area contributed by atoms with Gasteiger partial charge in [-0.25, -0.2) is 0 Å². The fourth-order valence-corrected chi connectivity index (χ4v) is 4.91. The zero-order valence-electron chi connectivity index (χ0n) is 18.7. The van der Waals surface area contributed by atoms with E-state index in [9.17, 15) is 9.59 Å². The molecule has 3 aromatic carbocycles. The van der Waals surface area contributed by atoms with Crippen molar-refractivity contribution in [3.05, 3.63) is 94.5 Å². The summed E-state index contributed by atoms with van der Waals surface area (Å²) in [6.07, 6.45) is 0. The molecule has 1 saturated heterocycles. The number of halogens is 1. The summed E-state index contributed by atoms with van der Waals surface area (Å²) in [6, 6.07) is 22.2. The lowest BCUT2D eigenvalue weighted by Gasteiger charge is -2.24. The molecule has 0 saturated carbocycles. The minimum Gasteiger partial charge on any atom is -0.497 e. The number of rotatable bonds is 9. The molecule has 2 amide bonds. The van der Waals surface area contributed by atoms with E-state index >= 15 is 0 Å². The van der Waals surface area contributed by atoms with Crippen LogP contribution in [-0.2, 0) is 11.3 Å². The summed E-state index contributed by atoms with van der Waals surface area (Å²) in [6.45, 7) is 1.26. The van der Waals surface area contributed by atoms with Gasteiger partial charge in [-0.1, -0.05) is 35.9 Å². The number of carbonyl (C=O) groups is 2. The molecule has 0 radical (unpaired) electrons. The van der Waals surface area contributed by atoms with Gasteiger partial charge in [0.15, 0.2) is 0 Å². The van der Waals surface area contributed by atoms with Gasteiger partial charge in [0.25, 0.3) is 5.91 Å². The Bertz CT molecular complexity index is 1120. The van der Waals surface area contributed by atoms with Crippen LogP contribution in [0.1, 0.15) is 26.9 Å². The number of ether oxygens (including phenoxy) is 2. The molecule has 0 bridgehead atoms. The average molecular weight is 497 g/mol. The van der Waals surface area contributed by atoms with Crippen molar-refractivity contribution >= 4 is 35.2 Å². The first kappa shape index (κ1) is 24.0. The van der Waals surface area contributed by atoms with Crippen molar-refractivity contribution in [2.75, 3.05) is 26.0 Å². The first-order valence-corrected chi connectivity index (χ1v) is 12.3. The molecule has 1 heterocycles. The molecule has 3 aromatic rings. The number of amides is 2. The highest BCUT2D eigenvalue weighted by molar-refractivity contribution is 8.00. The van der Waals surface area contributed by atoms with E-state index in [-0.39, 0.29) is 17.2 Å². The number of carbonyl (C=O) groups excluding carboxylic acids is 2. The lowest BCUT2D eigenvalue weighted by atomic mass is 10.1. The quantitative estimate of drug-likeness (QED) is 0.425. The molecule has 34 heavy (non-hydrogen) atoms. The van der Waals surface area contributed by atoms with E-state index in [1.165, 1.54) is 0 Å². The van der Waals surface area contributed by atoms with Crippen molar-refractivity contribution < 1.29 is 19.1 Å². The Kier molecular flexibility index (Phi) is 7.98. The van der Waals surface area contributed by atoms with Gasteiger partial charge in [0.1, 0.15) is 23.5 Å². The molecule has 1 aliphatic heterocycles. The first-order valence-electron chi connectivity index (χ1n) is 10.8. The third-order valence-corrected chi connectivity index (χ3v) is 6.92. The molecular formula is C26H25ClN2O4S. The monoisotopic (exact) mass is 496 g/mol. The molecule has 1 fully saturated rings. The Balaban J connectivity index is 1.30. The third-order valence-electron chi connectivity index (χ3n) is 5.41. The van der Waals surface area contributed by atoms with Gasteiger partial charge < -0.3 is 19.7 Å². The highest BCUT2D eigenvalue weighted by atomic mass is 35.5. The number of hydrogen-bond donors (Lipinski definition) is 1. The second-order valence-electron chi connectivity index (χ2n) is 7.71. The van der Waals surface area contributed by atoms with E-state index in [2.05, 4.69) is 5.32 Å². The second-order valence-corrected chi connectivity index (χ2v) is 9.22. The summed E-state index contributed by atoms with van der Waals surface area (Å²) < 4.78 is 10.8. The maximum absolute atomic E-state index is 12.5. The van der Waals surface area contributed by atoms with Gasteiger partial charge in [-0.2, -0.15) is 0 Å². The highest BCUT2D eigenvalue weighted by Crippen LogP contribution is 2.39. The van der Waals surface area contributed by atoms with Gasteiger partial charge in [-0.15, -0.1) is 11.8 Å². The SMILES string of the molecule is COc1ccc(OCCNC(=O)c2ccc([C@@H]3SCC(=O)N3Cc3ccc(Cl)cc3)cc2)cc1. The van der Waals surface area contributed by atoms with Crippen LogP contribution in [0.15, 0.2) is 72.8 Å². The minimum atomic E-state index is -0.168. The lowest BCUT2D eigenvalue weighted by Crippen LogP contribution is -2.28. The summed E-state index contributed by atoms with van der Waals surface area (Å²) in [4.78, 5) is 26.8. The maximum atomic E-state index is 12.5. The van der Waals surface area contributed by atoms with Crippen molar-refractivity contribution in [2.45, 2.75) is 11.9 Å². The molecular weight excluding hydrogens is 472 g/mol. The van der Waals surface area contributed by atoms with Gasteiger partial charge in [-0.3, -0.25) is 9.59 Å². The average Bonchev–Trinajstić information content (AvgIpc) is 3.23. The van der Waals surface area contributed by atoms with Crippen LogP contribution >= 0.6 is 23.4 Å². The zero-order chi connectivity index (χ0) is 23.9. The Morgan fingerprint density at radius 1 is 1.03 bits per heavy atom. The predicted molar refractivity (Wildman–Crippen MR) is 134 cm³/mol. The van der Waals surface area contributed by atoms with E-state index in [4.69, 9.17) is 21.1 Å². The molecule has 0 aromatic heterocycles. The van der Waals surface area contributed by atoms with Gasteiger partial charge >= 0.3 is 0 Å². The number of nitrogens with one attached hydrogen (secondary N) is 1. The molecule has 8 heteroatoms. The van der Waals surface area contributed by atoms with E-state index in [0.29, 0.717) is 41.8 Å². The van der Waals surface area contributed by atoms with Crippen LogP contribution in [-0.4, -0.2) is 42.7 Å². The van der Waals surface area contributed by atoms with E-state index in [1.807, 2.05) is 65.6 Å². The van der Waals surface area contributed by atoms with E-state index in [0.717, 1.165) is 16.9 Å². The molecule has 6 nitrogen and oxygen atoms in total. The van der Waals surface area contributed by atoms with Gasteiger partial charge in [0.05, 0.1) is 19.4 Å². The van der Waals surface area contributed by atoms with Crippen molar-refractivity contribution in [1.29, 1.82) is 0 Å². The number of nitrogens with zero attached hydrogens (tertiary/aromatic N) is 1. The van der Waals surface area contributed by atoms with Crippen molar-refractivity contribution in [3.8, 4) is 11.5 Å². The molecule has 0 aliphatic carbocycles. The highest BCUT2D eigenvalue weighted by Gasteiger charge is 2.32. The smallest absolute Gasteiger partial charge is 0.251 e. The molecule has 1 aliphatic rings. The summed E-state index contributed by atoms with van der Waals surface area (Å²) in [7, 11) is 1.61. The summed E-state index contributed by atoms with van der Waals surface area (Å²) in [5.74, 6) is 1.85. The van der Waals surface area contributed by atoms with Crippen LogP contribution in [0.25, 0.3) is 0 Å². The molecule has 176 valence electrons. The Labute approximate surface area is 208 Å². The molecule has 4 rings (SSSR count). The summed E-state index contributed by atoms with van der Waals surface area (Å²) in [5, 5.41) is 3.45. The van der Waals surface area contributed by atoms with Crippen LogP contribution in [0.2, 0.25) is 5.02 Å². The lowest BCUT2D eigenvalue weighted by molar-refractivity contribution is -0.128. The number of methoxy groups -OCH3 is 1. The van der Waals surface area contributed by atoms with Crippen LogP contribution < -0.4 is 14.8 Å². The molecule has 1 atom stereocenters. The first-order chi connectivity index (χ1) is 16.5. The molecule has 1 N–H and O–H groups in total. The minimum absolute atomic E-state index is 0.0850. The van der Waals surface area contributed by atoms with Crippen LogP contribution in [0, 0.1) is 0 Å². The summed E-state index contributed by atoms with van der Waals surface area (Å²) in [5.41, 5.74) is 2.58. The van der Waals surface area contributed by atoms with Gasteiger partial charge in [0, 0.05) is 17.1 Å². The normalized spacial score (nSPS) is 15.3. The fraction of sp³-hybridized carbons (Fsp3) is 0.231. The van der Waals surface area contributed by atoms with E-state index < -0.39 is 0 Å². The standard InChI is InChI=1S/C26H25ClN2O4S/c1-32-22-10-12-23(13-11-22)33-15-14-28-25(31)19-4-6-20(7-5-19)26-29(24(30)17-34-26)16-18-2-8-21(27)9-3-18/h2-13,26H,14-17H2,1H3,(H,28,31)/t26-/m0/s1. The Hall–Kier alpha value is -3.16. The molecule has 0 spiro atoms. The second kappa shape index (κ2) is 11.3. The number of thioether (sulfide) groups is 1. The topological polar surface area (TPSA) is 67.9 Å². The van der Waals surface area contributed by atoms with Crippen LogP contribution in [0.3, 0.4) is 0 Å². The van der Waals surface area contributed by atoms with Gasteiger partial charge in [-0.05, 0) is 59.7 Å². The summed E-state index contributed by atoms with van der Waals surface area (Å²) >= 11 is 7.56. The van der Waals surface area contributed by atoms with Crippen molar-refractivity contribution in [1.82, 2.24) is 10.2 Å². The fourth-order valence-electron chi connectivity index (χ4n) is 3.59. The number of hydrogen-bond acceptors (Lipinski definition) is 5. The third kappa shape index (κ3) is 6.04.